The molecule has 3 fully saturated rings. The standard InChI is InChI=1S/C21H32N4O3.HI/c1-3-27-18-15-17(21(18)8-4-5-9-21)23-20(22-2)25-12-10-24(11-13-25)19(26)16-7-6-14-28-16;/h6-7,14,17-18H,3-5,8-13,15H2,1-2H3,(H,22,23);1H. The number of carbonyl (C=O) groups excluding carboxylic acids is 1. The van der Waals surface area contributed by atoms with Gasteiger partial charge in [0, 0.05) is 51.3 Å². The predicted molar refractivity (Wildman–Crippen MR) is 123 cm³/mol. The summed E-state index contributed by atoms with van der Waals surface area (Å²) in [6.45, 7) is 5.79. The second-order valence-corrected chi connectivity index (χ2v) is 8.12. The van der Waals surface area contributed by atoms with Gasteiger partial charge in [0.05, 0.1) is 12.4 Å². The second kappa shape index (κ2) is 9.68. The number of ether oxygens (including phenoxy) is 1. The quantitative estimate of drug-likeness (QED) is 0.379. The number of nitrogens with one attached hydrogen (secondary N) is 1. The molecule has 2 unspecified atom stereocenters. The Morgan fingerprint density at radius 1 is 1.28 bits per heavy atom. The average molecular weight is 516 g/mol. The number of piperazine rings is 1. The van der Waals surface area contributed by atoms with Gasteiger partial charge in [0.25, 0.3) is 5.91 Å². The van der Waals surface area contributed by atoms with Gasteiger partial charge in [-0.2, -0.15) is 0 Å². The lowest BCUT2D eigenvalue weighted by Crippen LogP contribution is -2.66. The lowest BCUT2D eigenvalue weighted by atomic mass is 9.60. The minimum absolute atomic E-state index is 0. The first kappa shape index (κ1) is 22.4. The van der Waals surface area contributed by atoms with E-state index >= 15 is 0 Å². The minimum atomic E-state index is -0.0314. The van der Waals surface area contributed by atoms with Crippen LogP contribution in [0.1, 0.15) is 49.6 Å². The summed E-state index contributed by atoms with van der Waals surface area (Å²) in [6.07, 6.45) is 8.09. The van der Waals surface area contributed by atoms with Crippen molar-refractivity contribution < 1.29 is 13.9 Å². The lowest BCUT2D eigenvalue weighted by molar-refractivity contribution is -0.126. The van der Waals surface area contributed by atoms with Crippen molar-refractivity contribution in [3.63, 3.8) is 0 Å². The fourth-order valence-electron chi connectivity index (χ4n) is 5.22. The van der Waals surface area contributed by atoms with Gasteiger partial charge in [-0.3, -0.25) is 9.79 Å². The van der Waals surface area contributed by atoms with Gasteiger partial charge in [-0.25, -0.2) is 0 Å². The molecule has 1 aliphatic heterocycles. The summed E-state index contributed by atoms with van der Waals surface area (Å²) < 4.78 is 11.3. The van der Waals surface area contributed by atoms with E-state index in [1.54, 1.807) is 18.4 Å². The molecule has 1 spiro atoms. The molecule has 1 N–H and O–H groups in total. The van der Waals surface area contributed by atoms with Crippen LogP contribution in [0.4, 0.5) is 0 Å². The van der Waals surface area contributed by atoms with Crippen LogP contribution in [0, 0.1) is 5.41 Å². The molecule has 29 heavy (non-hydrogen) atoms. The summed E-state index contributed by atoms with van der Waals surface area (Å²) in [4.78, 5) is 21.1. The van der Waals surface area contributed by atoms with E-state index < -0.39 is 0 Å². The van der Waals surface area contributed by atoms with E-state index in [1.165, 1.54) is 25.7 Å². The number of carbonyl (C=O) groups is 1. The number of amides is 1. The summed E-state index contributed by atoms with van der Waals surface area (Å²) >= 11 is 0. The molecule has 1 saturated heterocycles. The van der Waals surface area contributed by atoms with Gasteiger partial charge in [-0.15, -0.1) is 24.0 Å². The molecular weight excluding hydrogens is 483 g/mol. The van der Waals surface area contributed by atoms with Crippen LogP contribution < -0.4 is 5.32 Å². The predicted octanol–water partition coefficient (Wildman–Crippen LogP) is 2.97. The van der Waals surface area contributed by atoms with Gasteiger partial charge in [-0.05, 0) is 38.3 Å². The minimum Gasteiger partial charge on any atom is -0.459 e. The summed E-state index contributed by atoms with van der Waals surface area (Å²) in [5.74, 6) is 1.34. The average Bonchev–Trinajstić information content (AvgIpc) is 3.43. The van der Waals surface area contributed by atoms with Crippen LogP contribution in [0.2, 0.25) is 0 Å². The molecule has 2 saturated carbocycles. The first-order valence-electron chi connectivity index (χ1n) is 10.6. The summed E-state index contributed by atoms with van der Waals surface area (Å²) in [7, 11) is 1.85. The number of furan rings is 1. The zero-order valence-corrected chi connectivity index (χ0v) is 19.8. The van der Waals surface area contributed by atoms with Gasteiger partial charge in [0.2, 0.25) is 0 Å². The molecule has 4 rings (SSSR count). The maximum atomic E-state index is 12.5. The molecule has 2 heterocycles. The number of halogens is 1. The Balaban J connectivity index is 0.00000240. The fraction of sp³-hybridized carbons (Fsp3) is 0.714. The normalized spacial score (nSPS) is 26.2. The van der Waals surface area contributed by atoms with Crippen LogP contribution in [0.5, 0.6) is 0 Å². The van der Waals surface area contributed by atoms with Gasteiger partial charge < -0.3 is 24.3 Å². The molecule has 2 aliphatic carbocycles. The van der Waals surface area contributed by atoms with E-state index in [0.717, 1.165) is 32.1 Å². The van der Waals surface area contributed by atoms with Crippen molar-refractivity contribution in [3.8, 4) is 0 Å². The Kier molecular flexibility index (Phi) is 7.47. The zero-order chi connectivity index (χ0) is 19.6. The van der Waals surface area contributed by atoms with E-state index in [4.69, 9.17) is 9.15 Å². The van der Waals surface area contributed by atoms with Gasteiger partial charge in [0.1, 0.15) is 0 Å². The molecule has 0 aromatic carbocycles. The van der Waals surface area contributed by atoms with Crippen LogP contribution in [-0.2, 0) is 4.74 Å². The third-order valence-corrected chi connectivity index (χ3v) is 6.80. The molecule has 3 aliphatic rings. The van der Waals surface area contributed by atoms with E-state index in [-0.39, 0.29) is 35.3 Å². The molecule has 2 atom stereocenters. The summed E-state index contributed by atoms with van der Waals surface area (Å²) in [5, 5.41) is 3.74. The van der Waals surface area contributed by atoms with Crippen LogP contribution in [0.15, 0.2) is 27.8 Å². The molecule has 1 amide bonds. The topological polar surface area (TPSA) is 70.3 Å². The van der Waals surface area contributed by atoms with Crippen molar-refractivity contribution in [1.29, 1.82) is 0 Å². The first-order chi connectivity index (χ1) is 13.7. The molecule has 1 aromatic rings. The van der Waals surface area contributed by atoms with Gasteiger partial charge in [-0.1, -0.05) is 12.8 Å². The number of hydrogen-bond donors (Lipinski definition) is 1. The SMILES string of the molecule is CCOC1CC(NC(=NC)N2CCN(C(=O)c3ccco3)CC2)C12CCCC2.I. The number of rotatable bonds is 4. The highest BCUT2D eigenvalue weighted by Gasteiger charge is 2.57. The third kappa shape index (κ3) is 4.28. The Bertz CT molecular complexity index is 695. The molecule has 8 heteroatoms. The van der Waals surface area contributed by atoms with E-state index in [2.05, 4.69) is 22.1 Å². The molecule has 162 valence electrons. The maximum Gasteiger partial charge on any atom is 0.289 e. The molecular formula is C21H33IN4O3. The van der Waals surface area contributed by atoms with Crippen LogP contribution >= 0.6 is 24.0 Å². The van der Waals surface area contributed by atoms with Gasteiger partial charge >= 0.3 is 0 Å². The third-order valence-electron chi connectivity index (χ3n) is 6.80. The molecule has 0 bridgehead atoms. The van der Waals surface area contributed by atoms with Crippen molar-refractivity contribution >= 4 is 35.8 Å². The van der Waals surface area contributed by atoms with E-state index in [9.17, 15) is 4.79 Å². The Morgan fingerprint density at radius 3 is 2.55 bits per heavy atom. The summed E-state index contributed by atoms with van der Waals surface area (Å²) in [6, 6.07) is 3.91. The number of nitrogens with zero attached hydrogens (tertiary/aromatic N) is 3. The van der Waals surface area contributed by atoms with Crippen molar-refractivity contribution in [2.75, 3.05) is 39.8 Å². The number of aliphatic imine (C=N–C) groups is 1. The van der Waals surface area contributed by atoms with Crippen molar-refractivity contribution in [2.45, 2.75) is 51.2 Å². The zero-order valence-electron chi connectivity index (χ0n) is 17.4. The second-order valence-electron chi connectivity index (χ2n) is 8.12. The maximum absolute atomic E-state index is 12.5. The number of guanidine groups is 1. The lowest BCUT2D eigenvalue weighted by Gasteiger charge is -2.55. The fourth-order valence-corrected chi connectivity index (χ4v) is 5.22. The van der Waals surface area contributed by atoms with E-state index in [0.29, 0.717) is 31.0 Å². The molecule has 7 nitrogen and oxygen atoms in total. The highest BCUT2D eigenvalue weighted by atomic mass is 127. The van der Waals surface area contributed by atoms with Crippen LogP contribution in [-0.4, -0.2) is 73.6 Å². The summed E-state index contributed by atoms with van der Waals surface area (Å²) in [5.41, 5.74) is 0.281. The highest BCUT2D eigenvalue weighted by molar-refractivity contribution is 14.0. The molecule has 1 aromatic heterocycles. The Labute approximate surface area is 190 Å². The number of hydrogen-bond acceptors (Lipinski definition) is 4. The Hall–Kier alpha value is -1.29. The largest absolute Gasteiger partial charge is 0.459 e. The highest BCUT2D eigenvalue weighted by Crippen LogP contribution is 2.54. The Morgan fingerprint density at radius 2 is 1.97 bits per heavy atom. The van der Waals surface area contributed by atoms with Crippen molar-refractivity contribution in [3.05, 3.63) is 24.2 Å². The molecule has 0 radical (unpaired) electrons. The van der Waals surface area contributed by atoms with Gasteiger partial charge in [0.15, 0.2) is 11.7 Å². The van der Waals surface area contributed by atoms with Crippen molar-refractivity contribution in [2.24, 2.45) is 10.4 Å². The van der Waals surface area contributed by atoms with Crippen LogP contribution in [0.25, 0.3) is 0 Å². The van der Waals surface area contributed by atoms with E-state index in [1.807, 2.05) is 11.9 Å². The van der Waals surface area contributed by atoms with Crippen molar-refractivity contribution in [1.82, 2.24) is 15.1 Å². The smallest absolute Gasteiger partial charge is 0.289 e. The first-order valence-corrected chi connectivity index (χ1v) is 10.6. The monoisotopic (exact) mass is 516 g/mol. The van der Waals surface area contributed by atoms with Crippen LogP contribution in [0.3, 0.4) is 0 Å².